The van der Waals surface area contributed by atoms with Crippen LogP contribution in [0.3, 0.4) is 0 Å². The molecule has 0 aromatic heterocycles. The molecule has 25 heavy (non-hydrogen) atoms. The fourth-order valence-corrected chi connectivity index (χ4v) is 3.55. The average molecular weight is 336 g/mol. The summed E-state index contributed by atoms with van der Waals surface area (Å²) in [4.78, 5) is 17.5. The van der Waals surface area contributed by atoms with Gasteiger partial charge in [0, 0.05) is 37.3 Å². The minimum Gasteiger partial charge on any atom is -0.371 e. The van der Waals surface area contributed by atoms with Crippen LogP contribution in [0.15, 0.2) is 60.7 Å². The number of carbonyl (C=O) groups excluding carboxylic acids is 1. The van der Waals surface area contributed by atoms with Crippen molar-refractivity contribution in [3.8, 4) is 0 Å². The first-order chi connectivity index (χ1) is 12.1. The van der Waals surface area contributed by atoms with Gasteiger partial charge in [0.25, 0.3) is 0 Å². The van der Waals surface area contributed by atoms with Crippen LogP contribution in [0.5, 0.6) is 0 Å². The van der Waals surface area contributed by atoms with Crippen molar-refractivity contribution in [3.63, 3.8) is 0 Å². The van der Waals surface area contributed by atoms with Gasteiger partial charge in [0.05, 0.1) is 0 Å². The highest BCUT2D eigenvalue weighted by Gasteiger charge is 2.29. The molecule has 3 rings (SSSR count). The molecule has 2 aromatic rings. The molecule has 0 spiro atoms. The maximum absolute atomic E-state index is 13.1. The molecule has 3 nitrogen and oxygen atoms in total. The molecule has 1 fully saturated rings. The summed E-state index contributed by atoms with van der Waals surface area (Å²) in [6.07, 6.45) is 1.87. The molecule has 1 amide bonds. The largest absolute Gasteiger partial charge is 0.371 e. The first-order valence-electron chi connectivity index (χ1n) is 9.29. The Labute approximate surface area is 151 Å². The molecular weight excluding hydrogens is 308 g/mol. The molecule has 1 aliphatic rings. The number of nitrogens with zero attached hydrogens (tertiary/aromatic N) is 2. The van der Waals surface area contributed by atoms with E-state index in [0.717, 1.165) is 25.9 Å². The molecule has 1 heterocycles. The van der Waals surface area contributed by atoms with Gasteiger partial charge in [-0.1, -0.05) is 48.5 Å². The highest BCUT2D eigenvalue weighted by Crippen LogP contribution is 2.25. The van der Waals surface area contributed by atoms with Gasteiger partial charge < -0.3 is 9.80 Å². The van der Waals surface area contributed by atoms with Gasteiger partial charge >= 0.3 is 0 Å². The normalized spacial score (nSPS) is 15.4. The van der Waals surface area contributed by atoms with E-state index in [1.165, 1.54) is 11.3 Å². The quantitative estimate of drug-likeness (QED) is 0.811. The predicted molar refractivity (Wildman–Crippen MR) is 104 cm³/mol. The fraction of sp³-hybridized carbons (Fsp3) is 0.409. The summed E-state index contributed by atoms with van der Waals surface area (Å²) in [7, 11) is 0. The number of piperidine rings is 1. The lowest BCUT2D eigenvalue weighted by Gasteiger charge is -2.36. The van der Waals surface area contributed by atoms with Crippen LogP contribution in [0.2, 0.25) is 0 Å². The van der Waals surface area contributed by atoms with E-state index in [4.69, 9.17) is 0 Å². The van der Waals surface area contributed by atoms with Gasteiger partial charge in [-0.05, 0) is 44.4 Å². The van der Waals surface area contributed by atoms with Gasteiger partial charge in [-0.15, -0.1) is 0 Å². The molecule has 0 bridgehead atoms. The Balaban J connectivity index is 1.62. The van der Waals surface area contributed by atoms with E-state index in [-0.39, 0.29) is 12.0 Å². The summed E-state index contributed by atoms with van der Waals surface area (Å²) in [5, 5.41) is 0. The summed E-state index contributed by atoms with van der Waals surface area (Å²) in [6.45, 7) is 6.84. The Hall–Kier alpha value is -2.29. The molecule has 1 aliphatic heterocycles. The Kier molecular flexibility index (Phi) is 5.75. The van der Waals surface area contributed by atoms with E-state index < -0.39 is 0 Å². The van der Waals surface area contributed by atoms with Crippen LogP contribution < -0.4 is 4.90 Å². The molecule has 0 saturated carbocycles. The molecule has 0 unspecified atom stereocenters. The molecule has 0 aliphatic carbocycles. The van der Waals surface area contributed by atoms with Crippen LogP contribution >= 0.6 is 0 Å². The summed E-state index contributed by atoms with van der Waals surface area (Å²) >= 11 is 0. The number of amides is 1. The molecule has 0 radical (unpaired) electrons. The molecular formula is C22H28N2O. The summed E-state index contributed by atoms with van der Waals surface area (Å²) in [5.74, 6) is 0.456. The van der Waals surface area contributed by atoms with Gasteiger partial charge in [0.2, 0.25) is 5.91 Å². The maximum atomic E-state index is 13.1. The zero-order valence-corrected chi connectivity index (χ0v) is 15.3. The van der Waals surface area contributed by atoms with Crippen molar-refractivity contribution in [1.29, 1.82) is 0 Å². The highest BCUT2D eigenvalue weighted by molar-refractivity contribution is 5.79. The zero-order chi connectivity index (χ0) is 17.6. The van der Waals surface area contributed by atoms with Gasteiger partial charge in [0.1, 0.15) is 0 Å². The second-order valence-corrected chi connectivity index (χ2v) is 7.14. The SMILES string of the molecule is CC(C)N(Cc1ccccc1)C(=O)C1CCN(c2ccccc2)CC1. The molecule has 3 heteroatoms. The molecule has 132 valence electrons. The second kappa shape index (κ2) is 8.19. The maximum Gasteiger partial charge on any atom is 0.226 e. The molecule has 2 aromatic carbocycles. The van der Waals surface area contributed by atoms with Crippen molar-refractivity contribution >= 4 is 11.6 Å². The van der Waals surface area contributed by atoms with Crippen LogP contribution in [0, 0.1) is 5.92 Å². The number of hydrogen-bond acceptors (Lipinski definition) is 2. The monoisotopic (exact) mass is 336 g/mol. The first kappa shape index (κ1) is 17.5. The fourth-order valence-electron chi connectivity index (χ4n) is 3.55. The third kappa shape index (κ3) is 4.41. The molecule has 0 atom stereocenters. The van der Waals surface area contributed by atoms with E-state index in [1.54, 1.807) is 0 Å². The van der Waals surface area contributed by atoms with Crippen LogP contribution in [0.1, 0.15) is 32.3 Å². The van der Waals surface area contributed by atoms with Crippen LogP contribution in [-0.2, 0) is 11.3 Å². The topological polar surface area (TPSA) is 23.6 Å². The summed E-state index contributed by atoms with van der Waals surface area (Å²) in [5.41, 5.74) is 2.46. The number of benzene rings is 2. The van der Waals surface area contributed by atoms with Gasteiger partial charge in [0.15, 0.2) is 0 Å². The highest BCUT2D eigenvalue weighted by atomic mass is 16.2. The standard InChI is InChI=1S/C22H28N2O/c1-18(2)24(17-19-9-5-3-6-10-19)22(25)20-13-15-23(16-14-20)21-11-7-4-8-12-21/h3-12,18,20H,13-17H2,1-2H3. The number of hydrogen-bond donors (Lipinski definition) is 0. The number of anilines is 1. The van der Waals surface area contributed by atoms with Crippen LogP contribution in [0.4, 0.5) is 5.69 Å². The first-order valence-corrected chi connectivity index (χ1v) is 9.29. The Bertz CT molecular complexity index is 661. The van der Waals surface area contributed by atoms with Gasteiger partial charge in [-0.25, -0.2) is 0 Å². The van der Waals surface area contributed by atoms with Gasteiger partial charge in [-0.2, -0.15) is 0 Å². The minimum atomic E-state index is 0.145. The third-order valence-corrected chi connectivity index (χ3v) is 5.07. The summed E-state index contributed by atoms with van der Waals surface area (Å²) < 4.78 is 0. The van der Waals surface area contributed by atoms with Crippen molar-refractivity contribution in [1.82, 2.24) is 4.90 Å². The van der Waals surface area contributed by atoms with Crippen molar-refractivity contribution in [2.75, 3.05) is 18.0 Å². The van der Waals surface area contributed by atoms with Crippen molar-refractivity contribution in [3.05, 3.63) is 66.2 Å². The van der Waals surface area contributed by atoms with E-state index in [2.05, 4.69) is 55.1 Å². The van der Waals surface area contributed by atoms with E-state index in [9.17, 15) is 4.79 Å². The number of rotatable bonds is 5. The third-order valence-electron chi connectivity index (χ3n) is 5.07. The lowest BCUT2D eigenvalue weighted by molar-refractivity contribution is -0.138. The number of para-hydroxylation sites is 1. The number of carbonyl (C=O) groups is 1. The Morgan fingerprint density at radius 3 is 2.12 bits per heavy atom. The van der Waals surface area contributed by atoms with E-state index in [0.29, 0.717) is 12.5 Å². The van der Waals surface area contributed by atoms with Crippen LogP contribution in [-0.4, -0.2) is 29.9 Å². The lowest BCUT2D eigenvalue weighted by atomic mass is 9.94. The second-order valence-electron chi connectivity index (χ2n) is 7.14. The molecule has 1 saturated heterocycles. The van der Waals surface area contributed by atoms with E-state index in [1.807, 2.05) is 29.2 Å². The van der Waals surface area contributed by atoms with Crippen molar-refractivity contribution in [2.45, 2.75) is 39.3 Å². The molecule has 0 N–H and O–H groups in total. The Morgan fingerprint density at radius 2 is 1.56 bits per heavy atom. The van der Waals surface area contributed by atoms with Crippen LogP contribution in [0.25, 0.3) is 0 Å². The van der Waals surface area contributed by atoms with Gasteiger partial charge in [-0.3, -0.25) is 4.79 Å². The Morgan fingerprint density at radius 1 is 1.00 bits per heavy atom. The smallest absolute Gasteiger partial charge is 0.226 e. The van der Waals surface area contributed by atoms with E-state index >= 15 is 0 Å². The van der Waals surface area contributed by atoms with Crippen molar-refractivity contribution < 1.29 is 4.79 Å². The predicted octanol–water partition coefficient (Wildman–Crippen LogP) is 4.34. The summed E-state index contributed by atoms with van der Waals surface area (Å²) in [6, 6.07) is 21.0. The lowest BCUT2D eigenvalue weighted by Crippen LogP contribution is -2.44. The zero-order valence-electron chi connectivity index (χ0n) is 15.3. The van der Waals surface area contributed by atoms with Crippen molar-refractivity contribution in [2.24, 2.45) is 5.92 Å². The minimum absolute atomic E-state index is 0.145. The average Bonchev–Trinajstić information content (AvgIpc) is 2.67.